The summed E-state index contributed by atoms with van der Waals surface area (Å²) >= 11 is 1.25. The molecule has 5 rings (SSSR count). The van der Waals surface area contributed by atoms with Crippen LogP contribution in [0.2, 0.25) is 0 Å². The van der Waals surface area contributed by atoms with Gasteiger partial charge in [0.2, 0.25) is 11.7 Å². The molecule has 1 amide bonds. The van der Waals surface area contributed by atoms with Crippen molar-refractivity contribution in [1.82, 2.24) is 14.8 Å². The fourth-order valence-electron chi connectivity index (χ4n) is 3.65. The minimum Gasteiger partial charge on any atom is -0.497 e. The summed E-state index contributed by atoms with van der Waals surface area (Å²) < 4.78 is 12.7. The second kappa shape index (κ2) is 9.75. The number of anilines is 1. The number of methoxy groups -OCH3 is 1. The third-order valence-electron chi connectivity index (χ3n) is 5.29. The summed E-state index contributed by atoms with van der Waals surface area (Å²) in [6.45, 7) is 0. The van der Waals surface area contributed by atoms with Crippen LogP contribution < -0.4 is 10.1 Å². The predicted molar refractivity (Wildman–Crippen MR) is 134 cm³/mol. The van der Waals surface area contributed by atoms with Gasteiger partial charge in [0, 0.05) is 16.6 Å². The van der Waals surface area contributed by atoms with Crippen LogP contribution in [0.4, 0.5) is 5.69 Å². The molecule has 1 N–H and O–H groups in total. The van der Waals surface area contributed by atoms with Crippen molar-refractivity contribution < 1.29 is 13.9 Å². The normalized spacial score (nSPS) is 10.7. The van der Waals surface area contributed by atoms with E-state index >= 15 is 0 Å². The van der Waals surface area contributed by atoms with Crippen LogP contribution in [0.25, 0.3) is 28.0 Å². The van der Waals surface area contributed by atoms with Crippen molar-refractivity contribution in [3.63, 3.8) is 0 Å². The Morgan fingerprint density at radius 2 is 1.80 bits per heavy atom. The number of thioether (sulfide) groups is 1. The Morgan fingerprint density at radius 3 is 2.54 bits per heavy atom. The molecule has 0 unspecified atom stereocenters. The van der Waals surface area contributed by atoms with Gasteiger partial charge in [-0.15, -0.1) is 10.2 Å². The number of hydrogen-bond donors (Lipinski definition) is 1. The highest BCUT2D eigenvalue weighted by molar-refractivity contribution is 7.99. The van der Waals surface area contributed by atoms with E-state index in [1.807, 2.05) is 77.4 Å². The molecule has 9 heteroatoms. The number of fused-ring (bicyclic) bond motifs is 1. The Bertz CT molecular complexity index is 1540. The number of benzene rings is 3. The van der Waals surface area contributed by atoms with Gasteiger partial charge in [-0.3, -0.25) is 9.36 Å². The van der Waals surface area contributed by atoms with Crippen LogP contribution in [0.1, 0.15) is 5.76 Å². The second-order valence-electron chi connectivity index (χ2n) is 7.46. The standard InChI is InChI=1S/C26H19N5O3S/c1-33-19-13-11-17(12-14-19)25-29-30-26(31(25)18-7-3-2-4-8-18)35-16-23(32)28-24-20-9-5-6-10-21(20)34-22(24)15-27/h2-14H,16H2,1H3,(H,28,32). The molecule has 3 aromatic carbocycles. The fraction of sp³-hybridized carbons (Fsp3) is 0.0769. The van der Waals surface area contributed by atoms with Crippen molar-refractivity contribution in [3.05, 3.63) is 84.6 Å². The van der Waals surface area contributed by atoms with Gasteiger partial charge in [-0.2, -0.15) is 5.26 Å². The lowest BCUT2D eigenvalue weighted by Gasteiger charge is -2.11. The van der Waals surface area contributed by atoms with E-state index in [0.29, 0.717) is 27.6 Å². The molecule has 0 aliphatic heterocycles. The Hall–Kier alpha value is -4.55. The van der Waals surface area contributed by atoms with E-state index in [9.17, 15) is 10.1 Å². The number of carbonyl (C=O) groups is 1. The van der Waals surface area contributed by atoms with E-state index in [0.717, 1.165) is 17.0 Å². The second-order valence-corrected chi connectivity index (χ2v) is 8.40. The summed E-state index contributed by atoms with van der Waals surface area (Å²) in [5.41, 5.74) is 2.65. The summed E-state index contributed by atoms with van der Waals surface area (Å²) in [6, 6.07) is 26.5. The maximum absolute atomic E-state index is 12.8. The molecule has 0 aliphatic rings. The molecule has 0 atom stereocenters. The molecule has 2 heterocycles. The molecular weight excluding hydrogens is 462 g/mol. The first-order chi connectivity index (χ1) is 17.2. The Morgan fingerprint density at radius 1 is 1.06 bits per heavy atom. The van der Waals surface area contributed by atoms with Gasteiger partial charge in [-0.25, -0.2) is 0 Å². The van der Waals surface area contributed by atoms with Gasteiger partial charge < -0.3 is 14.5 Å². The van der Waals surface area contributed by atoms with Crippen molar-refractivity contribution in [3.8, 4) is 28.9 Å². The van der Waals surface area contributed by atoms with Gasteiger partial charge in [-0.1, -0.05) is 42.1 Å². The lowest BCUT2D eigenvalue weighted by molar-refractivity contribution is -0.113. The van der Waals surface area contributed by atoms with Gasteiger partial charge in [0.05, 0.1) is 12.9 Å². The highest BCUT2D eigenvalue weighted by Crippen LogP contribution is 2.32. The molecule has 0 bridgehead atoms. The van der Waals surface area contributed by atoms with Crippen molar-refractivity contribution >= 4 is 34.3 Å². The third kappa shape index (κ3) is 4.47. The number of carbonyl (C=O) groups excluding carboxylic acids is 1. The summed E-state index contributed by atoms with van der Waals surface area (Å²) in [6.07, 6.45) is 0. The maximum atomic E-state index is 12.8. The largest absolute Gasteiger partial charge is 0.497 e. The number of aromatic nitrogens is 3. The van der Waals surface area contributed by atoms with Crippen LogP contribution in [-0.2, 0) is 4.79 Å². The number of amides is 1. The molecule has 0 fully saturated rings. The summed E-state index contributed by atoms with van der Waals surface area (Å²) in [5, 5.41) is 22.2. The number of ether oxygens (including phenoxy) is 1. The van der Waals surface area contributed by atoms with E-state index in [-0.39, 0.29) is 17.4 Å². The lowest BCUT2D eigenvalue weighted by Crippen LogP contribution is -2.15. The number of furan rings is 1. The van der Waals surface area contributed by atoms with Crippen LogP contribution >= 0.6 is 11.8 Å². The molecular formula is C26H19N5O3S. The third-order valence-corrected chi connectivity index (χ3v) is 6.22. The summed E-state index contributed by atoms with van der Waals surface area (Å²) in [4.78, 5) is 12.8. The summed E-state index contributed by atoms with van der Waals surface area (Å²) in [7, 11) is 1.62. The maximum Gasteiger partial charge on any atom is 0.234 e. The van der Waals surface area contributed by atoms with Crippen molar-refractivity contribution in [2.24, 2.45) is 0 Å². The van der Waals surface area contributed by atoms with Gasteiger partial charge in [-0.05, 0) is 48.5 Å². The number of nitrogens with zero attached hydrogens (tertiary/aromatic N) is 4. The Labute approximate surface area is 205 Å². The highest BCUT2D eigenvalue weighted by atomic mass is 32.2. The van der Waals surface area contributed by atoms with Gasteiger partial charge in [0.1, 0.15) is 23.1 Å². The van der Waals surface area contributed by atoms with Gasteiger partial charge >= 0.3 is 0 Å². The molecule has 0 saturated heterocycles. The number of para-hydroxylation sites is 2. The van der Waals surface area contributed by atoms with Crippen molar-refractivity contribution in [2.45, 2.75) is 5.16 Å². The fourth-order valence-corrected chi connectivity index (χ4v) is 4.41. The lowest BCUT2D eigenvalue weighted by atomic mass is 10.2. The number of rotatable bonds is 7. The first-order valence-electron chi connectivity index (χ1n) is 10.7. The van der Waals surface area contributed by atoms with E-state index in [2.05, 4.69) is 15.5 Å². The minimum atomic E-state index is -0.285. The zero-order valence-corrected chi connectivity index (χ0v) is 19.5. The smallest absolute Gasteiger partial charge is 0.234 e. The highest BCUT2D eigenvalue weighted by Gasteiger charge is 2.19. The average Bonchev–Trinajstić information content (AvgIpc) is 3.49. The molecule has 0 aliphatic carbocycles. The van der Waals surface area contributed by atoms with Crippen LogP contribution in [0.15, 0.2) is 88.4 Å². The van der Waals surface area contributed by atoms with Crippen LogP contribution in [-0.4, -0.2) is 33.5 Å². The zero-order valence-electron chi connectivity index (χ0n) is 18.6. The predicted octanol–water partition coefficient (Wildman–Crippen LogP) is 5.29. The number of nitriles is 1. The van der Waals surface area contributed by atoms with Crippen LogP contribution in [0.3, 0.4) is 0 Å². The van der Waals surface area contributed by atoms with E-state index in [1.165, 1.54) is 11.8 Å². The van der Waals surface area contributed by atoms with E-state index < -0.39 is 0 Å². The number of nitrogens with one attached hydrogen (secondary N) is 1. The van der Waals surface area contributed by atoms with Crippen molar-refractivity contribution in [1.29, 1.82) is 5.26 Å². The van der Waals surface area contributed by atoms with Crippen LogP contribution in [0.5, 0.6) is 5.75 Å². The molecule has 35 heavy (non-hydrogen) atoms. The molecule has 5 aromatic rings. The van der Waals surface area contributed by atoms with Gasteiger partial charge in [0.25, 0.3) is 0 Å². The number of hydrogen-bond acceptors (Lipinski definition) is 7. The molecule has 2 aromatic heterocycles. The summed E-state index contributed by atoms with van der Waals surface area (Å²) in [5.74, 6) is 1.24. The van der Waals surface area contributed by atoms with Gasteiger partial charge in [0.15, 0.2) is 11.0 Å². The van der Waals surface area contributed by atoms with E-state index in [1.54, 1.807) is 19.2 Å². The van der Waals surface area contributed by atoms with Crippen LogP contribution in [0, 0.1) is 11.3 Å². The monoisotopic (exact) mass is 481 g/mol. The SMILES string of the molecule is COc1ccc(-c2nnc(SCC(=O)Nc3c(C#N)oc4ccccc34)n2-c2ccccc2)cc1. The molecule has 172 valence electrons. The average molecular weight is 482 g/mol. The molecule has 8 nitrogen and oxygen atoms in total. The molecule has 0 saturated carbocycles. The minimum absolute atomic E-state index is 0.0674. The first kappa shape index (κ1) is 22.3. The van der Waals surface area contributed by atoms with Crippen molar-refractivity contribution in [2.75, 3.05) is 18.2 Å². The first-order valence-corrected chi connectivity index (χ1v) is 11.7. The topological polar surface area (TPSA) is 106 Å². The quantitative estimate of drug-likeness (QED) is 0.315. The Balaban J connectivity index is 1.41. The zero-order chi connectivity index (χ0) is 24.2. The molecule has 0 radical (unpaired) electrons. The Kier molecular flexibility index (Phi) is 6.20. The molecule has 0 spiro atoms. The van der Waals surface area contributed by atoms with E-state index in [4.69, 9.17) is 9.15 Å².